The minimum atomic E-state index is -0.788. The molecule has 1 aliphatic heterocycles. The van der Waals surface area contributed by atoms with Gasteiger partial charge in [-0.25, -0.2) is 10.3 Å². The van der Waals surface area contributed by atoms with Gasteiger partial charge in [-0.05, 0) is 29.8 Å². The summed E-state index contributed by atoms with van der Waals surface area (Å²) in [6, 6.07) is 15.1. The molecule has 1 atom stereocenters. The Morgan fingerprint density at radius 3 is 2.46 bits per heavy atom. The van der Waals surface area contributed by atoms with Crippen LogP contribution >= 0.6 is 0 Å². The molecule has 3 rings (SSSR count). The van der Waals surface area contributed by atoms with E-state index in [1.807, 2.05) is 30.3 Å². The highest BCUT2D eigenvalue weighted by Crippen LogP contribution is 2.24. The monoisotopic (exact) mass is 353 g/mol. The van der Waals surface area contributed by atoms with Crippen molar-refractivity contribution in [2.24, 2.45) is 0 Å². The molecule has 2 aromatic rings. The molecule has 1 heterocycles. The molecule has 0 radical (unpaired) electrons. The zero-order valence-electron chi connectivity index (χ0n) is 14.3. The van der Waals surface area contributed by atoms with Crippen molar-refractivity contribution in [3.8, 4) is 5.75 Å². The van der Waals surface area contributed by atoms with E-state index in [0.717, 1.165) is 10.5 Å². The van der Waals surface area contributed by atoms with Crippen LogP contribution in [0.15, 0.2) is 54.6 Å². The zero-order chi connectivity index (χ0) is 18.5. The molecule has 2 aromatic carbocycles. The van der Waals surface area contributed by atoms with Crippen molar-refractivity contribution in [1.82, 2.24) is 10.9 Å². The lowest BCUT2D eigenvalue weighted by Gasteiger charge is -2.16. The van der Waals surface area contributed by atoms with Gasteiger partial charge >= 0.3 is 0 Å². The first-order chi connectivity index (χ1) is 12.6. The molecule has 0 bridgehead atoms. The van der Waals surface area contributed by atoms with E-state index in [0.29, 0.717) is 11.4 Å². The van der Waals surface area contributed by atoms with E-state index in [9.17, 15) is 14.4 Å². The second-order valence-corrected chi connectivity index (χ2v) is 5.88. The third kappa shape index (κ3) is 3.89. The summed E-state index contributed by atoms with van der Waals surface area (Å²) in [6.45, 7) is 0. The van der Waals surface area contributed by atoms with Crippen LogP contribution in [0.25, 0.3) is 0 Å². The SMILES string of the molecule is COc1ccc(N2C(=O)CC(NNC(=O)Cc3ccccc3)C2=O)cc1. The van der Waals surface area contributed by atoms with Gasteiger partial charge in [-0.15, -0.1) is 0 Å². The second-order valence-electron chi connectivity index (χ2n) is 5.88. The predicted molar refractivity (Wildman–Crippen MR) is 95.3 cm³/mol. The number of rotatable bonds is 6. The second kappa shape index (κ2) is 7.79. The molecule has 26 heavy (non-hydrogen) atoms. The summed E-state index contributed by atoms with van der Waals surface area (Å²) in [5.41, 5.74) is 6.51. The van der Waals surface area contributed by atoms with Gasteiger partial charge in [0.15, 0.2) is 0 Å². The molecule has 2 N–H and O–H groups in total. The third-order valence-corrected chi connectivity index (χ3v) is 4.07. The van der Waals surface area contributed by atoms with Crippen LogP contribution in [0, 0.1) is 0 Å². The van der Waals surface area contributed by atoms with Gasteiger partial charge in [0.25, 0.3) is 5.91 Å². The van der Waals surface area contributed by atoms with Crippen molar-refractivity contribution in [1.29, 1.82) is 0 Å². The highest BCUT2D eigenvalue weighted by Gasteiger charge is 2.39. The average Bonchev–Trinajstić information content (AvgIpc) is 2.94. The van der Waals surface area contributed by atoms with Gasteiger partial charge in [0.2, 0.25) is 11.8 Å². The van der Waals surface area contributed by atoms with Gasteiger partial charge in [-0.1, -0.05) is 30.3 Å². The molecule has 1 fully saturated rings. The van der Waals surface area contributed by atoms with Crippen LogP contribution in [0.2, 0.25) is 0 Å². The van der Waals surface area contributed by atoms with Crippen LogP contribution in [0.4, 0.5) is 5.69 Å². The first-order valence-electron chi connectivity index (χ1n) is 8.17. The molecule has 134 valence electrons. The topological polar surface area (TPSA) is 87.7 Å². The number of hydrazine groups is 1. The number of nitrogens with zero attached hydrogens (tertiary/aromatic N) is 1. The van der Waals surface area contributed by atoms with Crippen LogP contribution in [0.5, 0.6) is 5.75 Å². The minimum Gasteiger partial charge on any atom is -0.497 e. The van der Waals surface area contributed by atoms with Crippen molar-refractivity contribution < 1.29 is 19.1 Å². The van der Waals surface area contributed by atoms with Gasteiger partial charge in [-0.3, -0.25) is 19.8 Å². The number of imide groups is 1. The number of nitrogens with one attached hydrogen (secondary N) is 2. The minimum absolute atomic E-state index is 0.0174. The Morgan fingerprint density at radius 2 is 1.81 bits per heavy atom. The molecule has 0 aromatic heterocycles. The van der Waals surface area contributed by atoms with Crippen LogP contribution in [0.1, 0.15) is 12.0 Å². The number of amides is 3. The maximum Gasteiger partial charge on any atom is 0.253 e. The maximum absolute atomic E-state index is 12.5. The number of methoxy groups -OCH3 is 1. The van der Waals surface area contributed by atoms with Crippen molar-refractivity contribution in [3.05, 3.63) is 60.2 Å². The normalized spacial score (nSPS) is 16.7. The van der Waals surface area contributed by atoms with E-state index in [2.05, 4.69) is 10.9 Å². The van der Waals surface area contributed by atoms with Crippen LogP contribution < -0.4 is 20.5 Å². The number of anilines is 1. The van der Waals surface area contributed by atoms with Crippen molar-refractivity contribution in [3.63, 3.8) is 0 Å². The third-order valence-electron chi connectivity index (χ3n) is 4.07. The molecule has 0 saturated carbocycles. The fraction of sp³-hybridized carbons (Fsp3) is 0.211. The molecule has 7 nitrogen and oxygen atoms in total. The Morgan fingerprint density at radius 1 is 1.12 bits per heavy atom. The number of ether oxygens (including phenoxy) is 1. The first-order valence-corrected chi connectivity index (χ1v) is 8.17. The Labute approximate surface area is 150 Å². The molecule has 7 heteroatoms. The summed E-state index contributed by atoms with van der Waals surface area (Å²) in [4.78, 5) is 37.8. The fourth-order valence-electron chi connectivity index (χ4n) is 2.74. The largest absolute Gasteiger partial charge is 0.497 e. The number of hydrogen-bond acceptors (Lipinski definition) is 5. The summed E-state index contributed by atoms with van der Waals surface area (Å²) < 4.78 is 5.07. The quantitative estimate of drug-likeness (QED) is 0.602. The lowest BCUT2D eigenvalue weighted by Crippen LogP contribution is -2.48. The van der Waals surface area contributed by atoms with Gasteiger partial charge < -0.3 is 4.74 Å². The average molecular weight is 353 g/mol. The van der Waals surface area contributed by atoms with Gasteiger partial charge in [0, 0.05) is 0 Å². The number of carbonyl (C=O) groups excluding carboxylic acids is 3. The summed E-state index contributed by atoms with van der Waals surface area (Å²) >= 11 is 0. The molecule has 1 saturated heterocycles. The summed E-state index contributed by atoms with van der Waals surface area (Å²) in [6.07, 6.45) is 0.168. The van der Waals surface area contributed by atoms with Crippen molar-refractivity contribution in [2.45, 2.75) is 18.9 Å². The molecule has 0 aliphatic carbocycles. The van der Waals surface area contributed by atoms with E-state index >= 15 is 0 Å². The molecule has 1 unspecified atom stereocenters. The molecule has 0 spiro atoms. The van der Waals surface area contributed by atoms with E-state index in [-0.39, 0.29) is 24.7 Å². The highest BCUT2D eigenvalue weighted by molar-refractivity contribution is 6.22. The van der Waals surface area contributed by atoms with E-state index in [1.165, 1.54) is 0 Å². The lowest BCUT2D eigenvalue weighted by atomic mass is 10.1. The van der Waals surface area contributed by atoms with E-state index < -0.39 is 11.9 Å². The fourth-order valence-corrected chi connectivity index (χ4v) is 2.74. The maximum atomic E-state index is 12.5. The molecule has 1 aliphatic rings. The van der Waals surface area contributed by atoms with Gasteiger partial charge in [-0.2, -0.15) is 0 Å². The molecular formula is C19H19N3O4. The molecular weight excluding hydrogens is 334 g/mol. The summed E-state index contributed by atoms with van der Waals surface area (Å²) in [7, 11) is 1.54. The Bertz CT molecular complexity index is 805. The van der Waals surface area contributed by atoms with Crippen molar-refractivity contribution >= 4 is 23.4 Å². The molecule has 3 amide bonds. The predicted octanol–water partition coefficient (Wildman–Crippen LogP) is 1.19. The zero-order valence-corrected chi connectivity index (χ0v) is 14.3. The Balaban J connectivity index is 1.59. The number of benzene rings is 2. The first kappa shape index (κ1) is 17.6. The Hall–Kier alpha value is -3.19. The number of hydrogen-bond donors (Lipinski definition) is 2. The van der Waals surface area contributed by atoms with E-state index in [4.69, 9.17) is 4.74 Å². The van der Waals surface area contributed by atoms with Gasteiger partial charge in [0.1, 0.15) is 11.8 Å². The summed E-state index contributed by atoms with van der Waals surface area (Å²) in [5, 5.41) is 0. The van der Waals surface area contributed by atoms with Crippen LogP contribution in [-0.4, -0.2) is 30.9 Å². The number of carbonyl (C=O) groups is 3. The van der Waals surface area contributed by atoms with Crippen molar-refractivity contribution in [2.75, 3.05) is 12.0 Å². The Kier molecular flexibility index (Phi) is 5.28. The smallest absolute Gasteiger partial charge is 0.253 e. The lowest BCUT2D eigenvalue weighted by molar-refractivity contribution is -0.122. The van der Waals surface area contributed by atoms with E-state index in [1.54, 1.807) is 31.4 Å². The van der Waals surface area contributed by atoms with Crippen LogP contribution in [0.3, 0.4) is 0 Å². The highest BCUT2D eigenvalue weighted by atomic mass is 16.5. The van der Waals surface area contributed by atoms with Crippen LogP contribution in [-0.2, 0) is 20.8 Å². The standard InChI is InChI=1S/C19H19N3O4/c1-26-15-9-7-14(8-10-15)22-18(24)12-16(19(22)25)20-21-17(23)11-13-5-3-2-4-6-13/h2-10,16,20H,11-12H2,1H3,(H,21,23). The van der Waals surface area contributed by atoms with Gasteiger partial charge in [0.05, 0.1) is 25.6 Å². The summed E-state index contributed by atoms with van der Waals surface area (Å²) in [5.74, 6) is -0.370.